The maximum atomic E-state index is 12.7. The van der Waals surface area contributed by atoms with Gasteiger partial charge in [-0.05, 0) is 46.0 Å². The summed E-state index contributed by atoms with van der Waals surface area (Å²) in [5.41, 5.74) is -0.517. The van der Waals surface area contributed by atoms with Crippen LogP contribution in [0, 0.1) is 5.92 Å². The molecule has 0 N–H and O–H groups in total. The predicted molar refractivity (Wildman–Crippen MR) is 83.5 cm³/mol. The van der Waals surface area contributed by atoms with Gasteiger partial charge < -0.3 is 9.47 Å². The van der Waals surface area contributed by atoms with Gasteiger partial charge >= 0.3 is 12.1 Å². The van der Waals surface area contributed by atoms with Crippen molar-refractivity contribution in [3.05, 3.63) is 0 Å². The number of hydrogen-bond donors (Lipinski definition) is 0. The average Bonchev–Trinajstić information content (AvgIpc) is 2.99. The summed E-state index contributed by atoms with van der Waals surface area (Å²) in [5, 5.41) is 0. The average molecular weight is 311 g/mol. The van der Waals surface area contributed by atoms with Crippen molar-refractivity contribution in [2.75, 3.05) is 0 Å². The fraction of sp³-hybridized carbons (Fsp3) is 0.882. The van der Waals surface area contributed by atoms with E-state index in [2.05, 4.69) is 13.8 Å². The van der Waals surface area contributed by atoms with Gasteiger partial charge in [0, 0.05) is 12.5 Å². The van der Waals surface area contributed by atoms with Crippen LogP contribution < -0.4 is 0 Å². The molecule has 2 heterocycles. The Labute approximate surface area is 133 Å². The molecule has 0 aliphatic carbocycles. The Morgan fingerprint density at radius 3 is 2.45 bits per heavy atom. The minimum atomic E-state index is -0.517. The third kappa shape index (κ3) is 3.55. The number of nitrogens with zero attached hydrogens (tertiary/aromatic N) is 1. The van der Waals surface area contributed by atoms with Crippen molar-refractivity contribution in [2.45, 2.75) is 90.5 Å². The lowest BCUT2D eigenvalue weighted by atomic mass is 9.91. The SMILES string of the molecule is CC[C@@H]1C[C@@H](CC)N(C(=O)OC(C)(C)C)[C@@H]1[C@H]1CCC(=O)O1. The first kappa shape index (κ1) is 17.1. The van der Waals surface area contributed by atoms with Gasteiger partial charge in [-0.3, -0.25) is 9.69 Å². The predicted octanol–water partition coefficient (Wildman–Crippen LogP) is 3.51. The molecule has 0 aromatic heterocycles. The number of ether oxygens (including phenoxy) is 2. The van der Waals surface area contributed by atoms with E-state index >= 15 is 0 Å². The van der Waals surface area contributed by atoms with Crippen LogP contribution in [-0.4, -0.2) is 40.8 Å². The third-order valence-corrected chi connectivity index (χ3v) is 4.67. The van der Waals surface area contributed by atoms with Crippen molar-refractivity contribution in [2.24, 2.45) is 5.92 Å². The summed E-state index contributed by atoms with van der Waals surface area (Å²) in [5.74, 6) is 0.220. The standard InChI is InChI=1S/C17H29NO4/c1-6-11-10-12(7-2)18(16(20)22-17(3,4)5)15(11)13-8-9-14(19)21-13/h11-13,15H,6-10H2,1-5H3/t11-,12-,13-,15+/m1/s1. The van der Waals surface area contributed by atoms with Crippen LogP contribution in [0.25, 0.3) is 0 Å². The Balaban J connectivity index is 2.23. The van der Waals surface area contributed by atoms with E-state index < -0.39 is 5.60 Å². The van der Waals surface area contributed by atoms with E-state index in [1.165, 1.54) is 0 Å². The molecular formula is C17H29NO4. The highest BCUT2D eigenvalue weighted by molar-refractivity contribution is 5.73. The number of rotatable bonds is 3. The molecule has 1 amide bonds. The van der Waals surface area contributed by atoms with Crippen LogP contribution in [0.4, 0.5) is 4.79 Å². The molecule has 0 aromatic carbocycles. The zero-order valence-electron chi connectivity index (χ0n) is 14.4. The lowest BCUT2D eigenvalue weighted by molar-refractivity contribution is -0.144. The molecular weight excluding hydrogens is 282 g/mol. The highest BCUT2D eigenvalue weighted by Crippen LogP contribution is 2.39. The second-order valence-electron chi connectivity index (χ2n) is 7.41. The molecule has 0 saturated carbocycles. The van der Waals surface area contributed by atoms with Crippen LogP contribution >= 0.6 is 0 Å². The molecule has 0 spiro atoms. The Bertz CT molecular complexity index is 429. The second kappa shape index (κ2) is 6.47. The number of carbonyl (C=O) groups is 2. The van der Waals surface area contributed by atoms with E-state index in [1.807, 2.05) is 25.7 Å². The maximum Gasteiger partial charge on any atom is 0.410 e. The normalized spacial score (nSPS) is 32.2. The minimum Gasteiger partial charge on any atom is -0.460 e. The third-order valence-electron chi connectivity index (χ3n) is 4.67. The Hall–Kier alpha value is -1.26. The lowest BCUT2D eigenvalue weighted by Crippen LogP contribution is -2.50. The first-order valence-corrected chi connectivity index (χ1v) is 8.47. The Morgan fingerprint density at radius 2 is 2.00 bits per heavy atom. The topological polar surface area (TPSA) is 55.8 Å². The second-order valence-corrected chi connectivity index (χ2v) is 7.41. The van der Waals surface area contributed by atoms with Gasteiger partial charge in [0.05, 0.1) is 6.04 Å². The molecule has 4 atom stereocenters. The fourth-order valence-electron chi connectivity index (χ4n) is 3.70. The smallest absolute Gasteiger partial charge is 0.410 e. The van der Waals surface area contributed by atoms with Crippen molar-refractivity contribution >= 4 is 12.1 Å². The Morgan fingerprint density at radius 1 is 1.32 bits per heavy atom. The summed E-state index contributed by atoms with van der Waals surface area (Å²) < 4.78 is 11.1. The van der Waals surface area contributed by atoms with Crippen LogP contribution in [0.3, 0.4) is 0 Å². The molecule has 0 aromatic rings. The number of carbonyl (C=O) groups excluding carboxylic acids is 2. The van der Waals surface area contributed by atoms with Gasteiger partial charge in [0.1, 0.15) is 11.7 Å². The van der Waals surface area contributed by atoms with Crippen LogP contribution in [0.1, 0.15) is 66.7 Å². The van der Waals surface area contributed by atoms with Crippen LogP contribution in [0.15, 0.2) is 0 Å². The summed E-state index contributed by atoms with van der Waals surface area (Å²) in [6.45, 7) is 9.87. The minimum absolute atomic E-state index is 0.0451. The molecule has 0 radical (unpaired) electrons. The quantitative estimate of drug-likeness (QED) is 0.748. The molecule has 2 aliphatic rings. The van der Waals surface area contributed by atoms with Gasteiger partial charge in [-0.1, -0.05) is 20.3 Å². The molecule has 5 heteroatoms. The zero-order valence-corrected chi connectivity index (χ0v) is 14.4. The molecule has 22 heavy (non-hydrogen) atoms. The van der Waals surface area contributed by atoms with Gasteiger partial charge in [0.25, 0.3) is 0 Å². The first-order chi connectivity index (χ1) is 10.3. The molecule has 0 unspecified atom stereocenters. The van der Waals surface area contributed by atoms with Gasteiger partial charge in [0.15, 0.2) is 0 Å². The summed E-state index contributed by atoms with van der Waals surface area (Å²) in [6, 6.07) is 0.125. The van der Waals surface area contributed by atoms with E-state index in [1.54, 1.807) is 0 Å². The highest BCUT2D eigenvalue weighted by Gasteiger charge is 2.49. The summed E-state index contributed by atoms with van der Waals surface area (Å²) in [7, 11) is 0. The van der Waals surface area contributed by atoms with E-state index in [4.69, 9.17) is 9.47 Å². The molecule has 0 bridgehead atoms. The number of esters is 1. The van der Waals surface area contributed by atoms with Crippen molar-refractivity contribution in [3.63, 3.8) is 0 Å². The van der Waals surface area contributed by atoms with Gasteiger partial charge in [-0.25, -0.2) is 4.79 Å². The molecule has 2 fully saturated rings. The maximum absolute atomic E-state index is 12.7. The summed E-state index contributed by atoms with van der Waals surface area (Å²) in [4.78, 5) is 26.1. The summed E-state index contributed by atoms with van der Waals surface area (Å²) in [6.07, 6.45) is 3.54. The van der Waals surface area contributed by atoms with Crippen LogP contribution in [0.5, 0.6) is 0 Å². The van der Waals surface area contributed by atoms with Crippen LogP contribution in [-0.2, 0) is 14.3 Å². The molecule has 2 aliphatic heterocycles. The van der Waals surface area contributed by atoms with Crippen molar-refractivity contribution < 1.29 is 19.1 Å². The van der Waals surface area contributed by atoms with Crippen molar-refractivity contribution in [1.29, 1.82) is 0 Å². The van der Waals surface area contributed by atoms with Crippen LogP contribution in [0.2, 0.25) is 0 Å². The van der Waals surface area contributed by atoms with Gasteiger partial charge in [0.2, 0.25) is 0 Å². The zero-order chi connectivity index (χ0) is 16.5. The number of cyclic esters (lactones) is 1. The highest BCUT2D eigenvalue weighted by atomic mass is 16.6. The molecule has 2 rings (SSSR count). The monoisotopic (exact) mass is 311 g/mol. The largest absolute Gasteiger partial charge is 0.460 e. The van der Waals surface area contributed by atoms with Crippen molar-refractivity contribution in [1.82, 2.24) is 4.90 Å². The van der Waals surface area contributed by atoms with E-state index in [0.717, 1.165) is 19.3 Å². The number of amides is 1. The van der Waals surface area contributed by atoms with E-state index in [-0.39, 0.29) is 30.3 Å². The fourth-order valence-corrected chi connectivity index (χ4v) is 3.70. The molecule has 5 nitrogen and oxygen atoms in total. The summed E-state index contributed by atoms with van der Waals surface area (Å²) >= 11 is 0. The van der Waals surface area contributed by atoms with Crippen molar-refractivity contribution in [3.8, 4) is 0 Å². The molecule has 2 saturated heterocycles. The van der Waals surface area contributed by atoms with Gasteiger partial charge in [-0.2, -0.15) is 0 Å². The number of likely N-dealkylation sites (tertiary alicyclic amines) is 1. The van der Waals surface area contributed by atoms with Gasteiger partial charge in [-0.15, -0.1) is 0 Å². The number of hydrogen-bond acceptors (Lipinski definition) is 4. The lowest BCUT2D eigenvalue weighted by Gasteiger charge is -2.35. The van der Waals surface area contributed by atoms with E-state index in [9.17, 15) is 9.59 Å². The molecule has 126 valence electrons. The Kier molecular flexibility index (Phi) is 5.03. The van der Waals surface area contributed by atoms with E-state index in [0.29, 0.717) is 18.8 Å². The first-order valence-electron chi connectivity index (χ1n) is 8.47.